The second-order valence-electron chi connectivity index (χ2n) is 9.38. The summed E-state index contributed by atoms with van der Waals surface area (Å²) < 4.78 is 5.37. The van der Waals surface area contributed by atoms with E-state index in [9.17, 15) is 19.7 Å². The predicted octanol–water partition coefficient (Wildman–Crippen LogP) is 4.99. The van der Waals surface area contributed by atoms with Gasteiger partial charge in [-0.25, -0.2) is 4.79 Å². The summed E-state index contributed by atoms with van der Waals surface area (Å²) in [6, 6.07) is 21.9. The van der Waals surface area contributed by atoms with Gasteiger partial charge in [0.1, 0.15) is 12.3 Å². The minimum atomic E-state index is -0.437. The molecule has 2 amide bonds. The molecular weight excluding hydrogens is 472 g/mol. The van der Waals surface area contributed by atoms with Crippen molar-refractivity contribution in [2.45, 2.75) is 32.0 Å². The van der Waals surface area contributed by atoms with Crippen LogP contribution >= 0.6 is 0 Å². The first-order chi connectivity index (χ1) is 17.9. The van der Waals surface area contributed by atoms with E-state index < -0.39 is 4.92 Å². The molecule has 0 N–H and O–H groups in total. The minimum Gasteiger partial charge on any atom is -0.444 e. The van der Waals surface area contributed by atoms with Crippen molar-refractivity contribution >= 4 is 29.1 Å². The van der Waals surface area contributed by atoms with Gasteiger partial charge >= 0.3 is 6.09 Å². The van der Waals surface area contributed by atoms with E-state index in [0.717, 1.165) is 16.8 Å². The van der Waals surface area contributed by atoms with Crippen LogP contribution in [0.15, 0.2) is 72.8 Å². The number of ether oxygens (including phenoxy) is 1. The third kappa shape index (κ3) is 4.97. The van der Waals surface area contributed by atoms with E-state index in [-0.39, 0.29) is 35.9 Å². The van der Waals surface area contributed by atoms with Gasteiger partial charge < -0.3 is 14.5 Å². The number of nitro benzene ring substituents is 1. The lowest BCUT2D eigenvalue weighted by atomic mass is 9.99. The summed E-state index contributed by atoms with van der Waals surface area (Å²) in [7, 11) is 1.68. The van der Waals surface area contributed by atoms with Crippen LogP contribution in [0.2, 0.25) is 0 Å². The van der Waals surface area contributed by atoms with Crippen LogP contribution in [-0.4, -0.2) is 48.0 Å². The number of fused-ring (bicyclic) bond motifs is 1. The second-order valence-corrected chi connectivity index (χ2v) is 9.38. The molecule has 2 aliphatic rings. The first-order valence-electron chi connectivity index (χ1n) is 12.3. The summed E-state index contributed by atoms with van der Waals surface area (Å²) >= 11 is 0. The largest absolute Gasteiger partial charge is 0.444 e. The van der Waals surface area contributed by atoms with E-state index in [2.05, 4.69) is 0 Å². The summed E-state index contributed by atoms with van der Waals surface area (Å²) in [6.07, 6.45) is 0.924. The molecule has 0 aliphatic carbocycles. The Kier molecular flexibility index (Phi) is 6.76. The molecule has 2 aliphatic heterocycles. The third-order valence-corrected chi connectivity index (χ3v) is 7.00. The summed E-state index contributed by atoms with van der Waals surface area (Å²) in [5.41, 5.74) is 3.47. The highest BCUT2D eigenvalue weighted by molar-refractivity contribution is 5.95. The van der Waals surface area contributed by atoms with Gasteiger partial charge in [-0.1, -0.05) is 48.5 Å². The molecule has 5 rings (SSSR count). The van der Waals surface area contributed by atoms with Crippen LogP contribution in [0, 0.1) is 10.1 Å². The van der Waals surface area contributed by atoms with Gasteiger partial charge in [0.25, 0.3) is 11.6 Å². The molecule has 1 fully saturated rings. The number of anilines is 2. The van der Waals surface area contributed by atoms with Gasteiger partial charge in [-0.05, 0) is 36.6 Å². The van der Waals surface area contributed by atoms with Gasteiger partial charge in [0, 0.05) is 49.9 Å². The van der Waals surface area contributed by atoms with Crippen LogP contribution in [0.25, 0.3) is 0 Å². The zero-order valence-electron chi connectivity index (χ0n) is 20.6. The quantitative estimate of drug-likeness (QED) is 0.349. The number of hydrogen-bond donors (Lipinski definition) is 0. The molecule has 0 atom stereocenters. The standard InChI is InChI=1S/C28H28N4O5/c1-29(18-20-7-3-2-4-8-20)27(33)21-11-12-25(26(17-21)32(35)36)30-15-13-23(14-16-30)31-24-10-6-5-9-22(24)19-37-28(31)34/h2-12,17,23H,13-16,18-19H2,1H3. The van der Waals surface area contributed by atoms with E-state index in [4.69, 9.17) is 4.74 Å². The number of hydrogen-bond acceptors (Lipinski definition) is 6. The van der Waals surface area contributed by atoms with Crippen molar-refractivity contribution in [1.82, 2.24) is 4.90 Å². The molecule has 0 bridgehead atoms. The Morgan fingerprint density at radius 1 is 1.03 bits per heavy atom. The zero-order chi connectivity index (χ0) is 25.9. The lowest BCUT2D eigenvalue weighted by Crippen LogP contribution is -2.49. The molecule has 2 heterocycles. The van der Waals surface area contributed by atoms with Crippen molar-refractivity contribution in [3.8, 4) is 0 Å². The molecule has 9 heteroatoms. The molecular formula is C28H28N4O5. The van der Waals surface area contributed by atoms with Gasteiger partial charge in [-0.15, -0.1) is 0 Å². The van der Waals surface area contributed by atoms with Crippen LogP contribution in [0.5, 0.6) is 0 Å². The number of piperidine rings is 1. The van der Waals surface area contributed by atoms with Crippen LogP contribution in [0.3, 0.4) is 0 Å². The maximum Gasteiger partial charge on any atom is 0.414 e. The van der Waals surface area contributed by atoms with E-state index in [0.29, 0.717) is 38.2 Å². The normalized spacial score (nSPS) is 15.6. The van der Waals surface area contributed by atoms with Gasteiger partial charge in [0.05, 0.1) is 10.6 Å². The summed E-state index contributed by atoms with van der Waals surface area (Å²) in [4.78, 5) is 42.4. The monoisotopic (exact) mass is 500 g/mol. The molecule has 3 aromatic rings. The minimum absolute atomic E-state index is 0.0586. The van der Waals surface area contributed by atoms with Crippen molar-refractivity contribution in [3.63, 3.8) is 0 Å². The molecule has 3 aromatic carbocycles. The van der Waals surface area contributed by atoms with Crippen molar-refractivity contribution in [2.75, 3.05) is 29.9 Å². The Morgan fingerprint density at radius 3 is 2.46 bits per heavy atom. The van der Waals surface area contributed by atoms with Gasteiger partial charge in [-0.3, -0.25) is 19.8 Å². The van der Waals surface area contributed by atoms with Gasteiger partial charge in [0.2, 0.25) is 0 Å². The summed E-state index contributed by atoms with van der Waals surface area (Å²) in [6.45, 7) is 1.75. The number of carbonyl (C=O) groups excluding carboxylic acids is 2. The van der Waals surface area contributed by atoms with Crippen LogP contribution < -0.4 is 9.80 Å². The second kappa shape index (κ2) is 10.3. The topological polar surface area (TPSA) is 96.2 Å². The van der Waals surface area contributed by atoms with Crippen LogP contribution in [0.1, 0.15) is 34.3 Å². The lowest BCUT2D eigenvalue weighted by Gasteiger charge is -2.40. The Bertz CT molecular complexity index is 1320. The van der Waals surface area contributed by atoms with Gasteiger partial charge in [-0.2, -0.15) is 0 Å². The van der Waals surface area contributed by atoms with Crippen molar-refractivity contribution < 1.29 is 19.2 Å². The number of amides is 2. The number of para-hydroxylation sites is 1. The van der Waals surface area contributed by atoms with E-state index >= 15 is 0 Å². The zero-order valence-corrected chi connectivity index (χ0v) is 20.6. The SMILES string of the molecule is CN(Cc1ccccc1)C(=O)c1ccc(N2CCC(N3C(=O)OCc4ccccc43)CC2)c([N+](=O)[O-])c1. The van der Waals surface area contributed by atoms with Crippen LogP contribution in [-0.2, 0) is 17.9 Å². The third-order valence-electron chi connectivity index (χ3n) is 7.00. The molecule has 9 nitrogen and oxygen atoms in total. The maximum absolute atomic E-state index is 13.0. The fourth-order valence-electron chi connectivity index (χ4n) is 5.11. The van der Waals surface area contributed by atoms with E-state index in [1.54, 1.807) is 29.0 Å². The molecule has 0 aromatic heterocycles. The van der Waals surface area contributed by atoms with Crippen molar-refractivity contribution in [3.05, 3.63) is 99.6 Å². The fraction of sp³-hybridized carbons (Fsp3) is 0.286. The molecule has 0 unspecified atom stereocenters. The fourth-order valence-corrected chi connectivity index (χ4v) is 5.11. The number of rotatable bonds is 6. The average molecular weight is 501 g/mol. The molecule has 0 saturated carbocycles. The molecule has 190 valence electrons. The van der Waals surface area contributed by atoms with Crippen LogP contribution in [0.4, 0.5) is 21.9 Å². The lowest BCUT2D eigenvalue weighted by molar-refractivity contribution is -0.384. The number of carbonyl (C=O) groups is 2. The Balaban J connectivity index is 1.30. The highest BCUT2D eigenvalue weighted by atomic mass is 16.6. The molecule has 0 radical (unpaired) electrons. The number of nitrogens with zero attached hydrogens (tertiary/aromatic N) is 4. The van der Waals surface area contributed by atoms with E-state index in [1.807, 2.05) is 59.5 Å². The highest BCUT2D eigenvalue weighted by Crippen LogP contribution is 2.35. The highest BCUT2D eigenvalue weighted by Gasteiger charge is 2.35. The Hall–Kier alpha value is -4.40. The molecule has 0 spiro atoms. The first kappa shape index (κ1) is 24.3. The Labute approximate surface area is 215 Å². The predicted molar refractivity (Wildman–Crippen MR) is 140 cm³/mol. The number of benzene rings is 3. The molecule has 1 saturated heterocycles. The van der Waals surface area contributed by atoms with E-state index in [1.165, 1.54) is 6.07 Å². The number of cyclic esters (lactones) is 1. The number of nitro groups is 1. The Morgan fingerprint density at radius 2 is 1.73 bits per heavy atom. The summed E-state index contributed by atoms with van der Waals surface area (Å²) in [5, 5.41) is 12.0. The maximum atomic E-state index is 13.0. The van der Waals surface area contributed by atoms with Crippen molar-refractivity contribution in [2.24, 2.45) is 0 Å². The summed E-state index contributed by atoms with van der Waals surface area (Å²) in [5.74, 6) is -0.278. The smallest absolute Gasteiger partial charge is 0.414 e. The average Bonchev–Trinajstić information content (AvgIpc) is 2.93. The van der Waals surface area contributed by atoms with Gasteiger partial charge in [0.15, 0.2) is 0 Å². The van der Waals surface area contributed by atoms with Crippen molar-refractivity contribution in [1.29, 1.82) is 0 Å². The first-order valence-corrected chi connectivity index (χ1v) is 12.3. The molecule has 37 heavy (non-hydrogen) atoms.